The Morgan fingerprint density at radius 3 is 2.40 bits per heavy atom. The van der Waals surface area contributed by atoms with Crippen LogP contribution in [0.2, 0.25) is 0 Å². The van der Waals surface area contributed by atoms with E-state index in [2.05, 4.69) is 0 Å². The van der Waals surface area contributed by atoms with Crippen molar-refractivity contribution in [3.63, 3.8) is 0 Å². The number of ether oxygens (including phenoxy) is 2. The van der Waals surface area contributed by atoms with Gasteiger partial charge in [-0.25, -0.2) is 0 Å². The maximum Gasteiger partial charge on any atom is 0.416 e. The maximum absolute atomic E-state index is 13.3. The van der Waals surface area contributed by atoms with Crippen LogP contribution in [0.1, 0.15) is 41.8 Å². The highest BCUT2D eigenvalue weighted by Gasteiger charge is 2.32. The molecule has 0 fully saturated rings. The average molecular weight is 414 g/mol. The van der Waals surface area contributed by atoms with E-state index in [4.69, 9.17) is 14.5 Å². The Morgan fingerprint density at radius 2 is 1.73 bits per heavy atom. The van der Waals surface area contributed by atoms with Gasteiger partial charge in [0.25, 0.3) is 0 Å². The van der Waals surface area contributed by atoms with Crippen LogP contribution in [0, 0.1) is 0 Å². The van der Waals surface area contributed by atoms with E-state index in [0.29, 0.717) is 29.2 Å². The van der Waals surface area contributed by atoms with E-state index < -0.39 is 11.7 Å². The van der Waals surface area contributed by atoms with Gasteiger partial charge in [-0.15, -0.1) is 0 Å². The first-order chi connectivity index (χ1) is 14.4. The zero-order valence-electron chi connectivity index (χ0n) is 16.8. The molecule has 0 N–H and O–H groups in total. The molecule has 0 amide bonds. The van der Waals surface area contributed by atoms with Gasteiger partial charge in [-0.2, -0.15) is 13.2 Å². The zero-order chi connectivity index (χ0) is 21.5. The summed E-state index contributed by atoms with van der Waals surface area (Å²) in [4.78, 5) is 4.91. The molecule has 4 rings (SSSR count). The molecule has 0 saturated carbocycles. The Hall–Kier alpha value is -3.22. The lowest BCUT2D eigenvalue weighted by atomic mass is 10.0. The van der Waals surface area contributed by atoms with Gasteiger partial charge >= 0.3 is 6.18 Å². The van der Waals surface area contributed by atoms with E-state index in [1.54, 1.807) is 20.3 Å². The van der Waals surface area contributed by atoms with E-state index >= 15 is 0 Å². The quantitative estimate of drug-likeness (QED) is 0.540. The molecule has 1 aromatic heterocycles. The minimum atomic E-state index is -4.42. The summed E-state index contributed by atoms with van der Waals surface area (Å²) in [5.41, 5.74) is 2.76. The number of methoxy groups -OCH3 is 2. The lowest BCUT2D eigenvalue weighted by molar-refractivity contribution is -0.137. The highest BCUT2D eigenvalue weighted by Crippen LogP contribution is 2.40. The SMILES string of the molecule is CC[C@H]1N=C(c2cccc(C(F)(F)F)c2)c2cccn2-c2cc(OC)c(OC)cc21. The van der Waals surface area contributed by atoms with Crippen molar-refractivity contribution in [2.75, 3.05) is 14.2 Å². The van der Waals surface area contributed by atoms with Crippen molar-refractivity contribution >= 4 is 5.71 Å². The summed E-state index contributed by atoms with van der Waals surface area (Å²) in [7, 11) is 3.14. The Labute approximate surface area is 172 Å². The van der Waals surface area contributed by atoms with Crippen LogP contribution in [-0.2, 0) is 6.18 Å². The number of hydrogen-bond donors (Lipinski definition) is 0. The van der Waals surface area contributed by atoms with Crippen LogP contribution in [-0.4, -0.2) is 24.5 Å². The summed E-state index contributed by atoms with van der Waals surface area (Å²) in [6, 6.07) is 12.5. The number of halogens is 3. The molecule has 3 aromatic rings. The molecule has 1 atom stereocenters. The summed E-state index contributed by atoms with van der Waals surface area (Å²) in [5.74, 6) is 1.16. The molecule has 0 spiro atoms. The second-order valence-corrected chi connectivity index (χ2v) is 7.01. The zero-order valence-corrected chi connectivity index (χ0v) is 16.8. The fraction of sp³-hybridized carbons (Fsp3) is 0.261. The predicted octanol–water partition coefficient (Wildman–Crippen LogP) is 5.82. The van der Waals surface area contributed by atoms with Gasteiger partial charge in [0.15, 0.2) is 11.5 Å². The van der Waals surface area contributed by atoms with E-state index in [1.807, 2.05) is 42.0 Å². The summed E-state index contributed by atoms with van der Waals surface area (Å²) >= 11 is 0. The highest BCUT2D eigenvalue weighted by molar-refractivity contribution is 6.13. The van der Waals surface area contributed by atoms with Crippen LogP contribution >= 0.6 is 0 Å². The van der Waals surface area contributed by atoms with Gasteiger partial charge in [-0.3, -0.25) is 4.99 Å². The van der Waals surface area contributed by atoms with Crippen molar-refractivity contribution in [1.29, 1.82) is 0 Å². The van der Waals surface area contributed by atoms with Crippen molar-refractivity contribution in [3.05, 3.63) is 77.1 Å². The number of aromatic nitrogens is 1. The van der Waals surface area contributed by atoms with Crippen LogP contribution in [0.4, 0.5) is 13.2 Å². The third-order valence-electron chi connectivity index (χ3n) is 5.28. The minimum absolute atomic E-state index is 0.246. The first-order valence-electron chi connectivity index (χ1n) is 9.56. The normalized spacial score (nSPS) is 15.7. The van der Waals surface area contributed by atoms with Crippen molar-refractivity contribution in [2.45, 2.75) is 25.6 Å². The van der Waals surface area contributed by atoms with Crippen LogP contribution < -0.4 is 9.47 Å². The minimum Gasteiger partial charge on any atom is -0.493 e. The molecule has 0 bridgehead atoms. The third kappa shape index (κ3) is 3.34. The number of alkyl halides is 3. The second-order valence-electron chi connectivity index (χ2n) is 7.01. The monoisotopic (exact) mass is 414 g/mol. The third-order valence-corrected chi connectivity index (χ3v) is 5.28. The summed E-state index contributed by atoms with van der Waals surface area (Å²) in [6.07, 6.45) is -1.87. The number of nitrogens with zero attached hydrogens (tertiary/aromatic N) is 2. The van der Waals surface area contributed by atoms with Gasteiger partial charge in [-0.1, -0.05) is 19.1 Å². The lowest BCUT2D eigenvalue weighted by Crippen LogP contribution is -2.11. The van der Waals surface area contributed by atoms with Crippen molar-refractivity contribution in [1.82, 2.24) is 4.57 Å². The molecule has 0 unspecified atom stereocenters. The van der Waals surface area contributed by atoms with E-state index in [0.717, 1.165) is 29.1 Å². The Kier molecular flexibility index (Phi) is 5.05. The molecule has 0 saturated heterocycles. The van der Waals surface area contributed by atoms with Crippen molar-refractivity contribution in [3.8, 4) is 17.2 Å². The van der Waals surface area contributed by atoms with Crippen molar-refractivity contribution < 1.29 is 22.6 Å². The van der Waals surface area contributed by atoms with Gasteiger partial charge in [0.05, 0.1) is 42.9 Å². The number of rotatable bonds is 4. The first-order valence-corrected chi connectivity index (χ1v) is 9.56. The summed E-state index contributed by atoms with van der Waals surface area (Å²) in [5, 5.41) is 0. The molecule has 7 heteroatoms. The number of aliphatic imine (C=N–C) groups is 1. The molecular formula is C23H21F3N2O2. The van der Waals surface area contributed by atoms with Crippen LogP contribution in [0.15, 0.2) is 59.7 Å². The first kappa shape index (κ1) is 20.1. The fourth-order valence-corrected chi connectivity index (χ4v) is 3.81. The maximum atomic E-state index is 13.3. The summed E-state index contributed by atoms with van der Waals surface area (Å²) in [6.45, 7) is 2.00. The molecule has 4 nitrogen and oxygen atoms in total. The number of hydrogen-bond acceptors (Lipinski definition) is 3. The molecule has 1 aliphatic heterocycles. The van der Waals surface area contributed by atoms with Crippen molar-refractivity contribution in [2.24, 2.45) is 4.99 Å². The molecular weight excluding hydrogens is 393 g/mol. The van der Waals surface area contributed by atoms with E-state index in [-0.39, 0.29) is 6.04 Å². The molecule has 0 radical (unpaired) electrons. The van der Waals surface area contributed by atoms with Gasteiger partial charge in [-0.05, 0) is 36.8 Å². The van der Waals surface area contributed by atoms with Crippen LogP contribution in [0.5, 0.6) is 11.5 Å². The molecule has 2 aromatic carbocycles. The van der Waals surface area contributed by atoms with E-state index in [9.17, 15) is 13.2 Å². The largest absolute Gasteiger partial charge is 0.493 e. The lowest BCUT2D eigenvalue weighted by Gasteiger charge is -2.18. The van der Waals surface area contributed by atoms with Gasteiger partial charge < -0.3 is 14.0 Å². The number of fused-ring (bicyclic) bond motifs is 3. The Bertz CT molecular complexity index is 1120. The molecule has 0 aliphatic carbocycles. The summed E-state index contributed by atoms with van der Waals surface area (Å²) < 4.78 is 52.8. The van der Waals surface area contributed by atoms with Gasteiger partial charge in [0.2, 0.25) is 0 Å². The van der Waals surface area contributed by atoms with E-state index in [1.165, 1.54) is 6.07 Å². The predicted molar refractivity (Wildman–Crippen MR) is 109 cm³/mol. The van der Waals surface area contributed by atoms with Gasteiger partial charge in [0, 0.05) is 23.4 Å². The standard InChI is InChI=1S/C23H21F3N2O2/c1-4-17-16-12-20(29-2)21(30-3)13-19(16)28-10-6-9-18(28)22(27-17)14-7-5-8-15(11-14)23(24,25)26/h5-13,17H,4H2,1-3H3/t17-/m1/s1. The highest BCUT2D eigenvalue weighted by atomic mass is 19.4. The fourth-order valence-electron chi connectivity index (χ4n) is 3.81. The Morgan fingerprint density at radius 1 is 1.00 bits per heavy atom. The van der Waals surface area contributed by atoms with Crippen LogP contribution in [0.25, 0.3) is 5.69 Å². The molecule has 30 heavy (non-hydrogen) atoms. The molecule has 156 valence electrons. The average Bonchev–Trinajstić information content (AvgIpc) is 3.18. The van der Waals surface area contributed by atoms with Gasteiger partial charge in [0.1, 0.15) is 0 Å². The topological polar surface area (TPSA) is 35.8 Å². The Balaban J connectivity index is 1.96. The molecule has 2 heterocycles. The van der Waals surface area contributed by atoms with Crippen LogP contribution in [0.3, 0.4) is 0 Å². The number of benzene rings is 2. The second kappa shape index (κ2) is 7.55. The smallest absolute Gasteiger partial charge is 0.416 e. The molecule has 1 aliphatic rings.